The van der Waals surface area contributed by atoms with Gasteiger partial charge >= 0.3 is 5.97 Å². The van der Waals surface area contributed by atoms with Crippen molar-refractivity contribution in [1.82, 2.24) is 0 Å². The number of hydrogen-bond donors (Lipinski definition) is 0. The van der Waals surface area contributed by atoms with Gasteiger partial charge in [-0.25, -0.2) is 0 Å². The minimum Gasteiger partial charge on any atom is -0.461 e. The molecule has 0 aromatic heterocycles. The van der Waals surface area contributed by atoms with E-state index in [0.29, 0.717) is 19.3 Å². The smallest absolute Gasteiger partial charge is 0.306 e. The van der Waals surface area contributed by atoms with Gasteiger partial charge < -0.3 is 32.8 Å². The molecule has 0 amide bonds. The zero-order chi connectivity index (χ0) is 32.4. The number of carbonyl (C=O) groups excluding carboxylic acids is 1. The molecule has 2 heterocycles. The number of rotatable bonds is 8. The molecule has 0 N–H and O–H groups in total. The number of cyclic esters (lactones) is 1. The normalized spacial score (nSPS) is 34.1. The summed E-state index contributed by atoms with van der Waals surface area (Å²) >= 11 is 0. The van der Waals surface area contributed by atoms with Crippen LogP contribution in [0.15, 0.2) is 47.7 Å². The van der Waals surface area contributed by atoms with Crippen molar-refractivity contribution >= 4 is 22.4 Å². The van der Waals surface area contributed by atoms with Crippen molar-refractivity contribution in [2.45, 2.75) is 128 Å². The van der Waals surface area contributed by atoms with Crippen molar-refractivity contribution in [1.29, 1.82) is 0 Å². The molecule has 0 saturated carbocycles. The van der Waals surface area contributed by atoms with E-state index in [1.165, 1.54) is 5.20 Å². The van der Waals surface area contributed by atoms with Gasteiger partial charge in [0.25, 0.3) is 0 Å². The zero-order valence-electron chi connectivity index (χ0n) is 28.7. The maximum atomic E-state index is 12.2. The maximum Gasteiger partial charge on any atom is 0.306 e. The van der Waals surface area contributed by atoms with Crippen molar-refractivity contribution in [3.8, 4) is 0 Å². The first-order chi connectivity index (χ1) is 20.1. The van der Waals surface area contributed by atoms with Gasteiger partial charge in [-0.2, -0.15) is 0 Å². The molecular weight excluding hydrogens is 581 g/mol. The van der Waals surface area contributed by atoms with E-state index in [1.54, 1.807) is 21.3 Å². The minimum atomic E-state index is -2.25. The van der Waals surface area contributed by atoms with Crippen LogP contribution in [0, 0.1) is 0 Å². The predicted molar refractivity (Wildman–Crippen MR) is 177 cm³/mol. The second-order valence-corrected chi connectivity index (χ2v) is 23.7. The van der Waals surface area contributed by atoms with Crippen LogP contribution in [-0.2, 0) is 37.6 Å². The van der Waals surface area contributed by atoms with E-state index in [2.05, 4.69) is 71.7 Å². The third kappa shape index (κ3) is 11.2. The number of carbonyl (C=O) groups is 1. The largest absolute Gasteiger partial charge is 0.461 e. The molecule has 2 aliphatic heterocycles. The van der Waals surface area contributed by atoms with Crippen LogP contribution in [0.25, 0.3) is 0 Å². The Labute approximate surface area is 262 Å². The molecule has 0 aromatic carbocycles. The lowest BCUT2D eigenvalue weighted by molar-refractivity contribution is -0.318. The monoisotopic (exact) mass is 638 g/mol. The molecule has 0 radical (unpaired) electrons. The number of esters is 1. The molecule has 7 atom stereocenters. The molecule has 0 aliphatic carbocycles. The molecule has 2 aliphatic rings. The highest BCUT2D eigenvalue weighted by Crippen LogP contribution is 2.39. The first-order valence-electron chi connectivity index (χ1n) is 15.5. The highest BCUT2D eigenvalue weighted by atomic mass is 28.4. The molecule has 0 spiro atoms. The lowest BCUT2D eigenvalue weighted by Gasteiger charge is -2.46. The van der Waals surface area contributed by atoms with Crippen LogP contribution < -0.4 is 0 Å². The second-order valence-electron chi connectivity index (χ2n) is 13.9. The highest BCUT2D eigenvalue weighted by Gasteiger charge is 2.48. The molecule has 8 nitrogen and oxygen atoms in total. The fourth-order valence-corrected chi connectivity index (χ4v) is 7.40. The Bertz CT molecular complexity index is 992. The van der Waals surface area contributed by atoms with Gasteiger partial charge in [-0.3, -0.25) is 4.79 Å². The van der Waals surface area contributed by atoms with Crippen molar-refractivity contribution in [3.05, 3.63) is 47.7 Å². The van der Waals surface area contributed by atoms with Gasteiger partial charge in [-0.05, 0) is 44.0 Å². The molecular formula is C33H58O8Si2. The van der Waals surface area contributed by atoms with Crippen LogP contribution in [0.5, 0.6) is 0 Å². The average Bonchev–Trinajstić information content (AvgIpc) is 2.90. The summed E-state index contributed by atoms with van der Waals surface area (Å²) < 4.78 is 43.3. The average molecular weight is 639 g/mol. The van der Waals surface area contributed by atoms with Gasteiger partial charge in [-0.1, -0.05) is 82.1 Å². The zero-order valence-corrected chi connectivity index (χ0v) is 30.7. The molecule has 43 heavy (non-hydrogen) atoms. The van der Waals surface area contributed by atoms with Gasteiger partial charge in [0.15, 0.2) is 14.6 Å². The summed E-state index contributed by atoms with van der Waals surface area (Å²) in [5, 5.41) is 1.24. The van der Waals surface area contributed by atoms with Crippen LogP contribution in [0.3, 0.4) is 0 Å². The molecule has 0 aromatic rings. The van der Waals surface area contributed by atoms with Gasteiger partial charge in [0.1, 0.15) is 24.9 Å². The second kappa shape index (κ2) is 16.8. The molecule has 1 saturated heterocycles. The number of methoxy groups -OCH3 is 3. The highest BCUT2D eigenvalue weighted by molar-refractivity contribution is 6.83. The third-order valence-electron chi connectivity index (χ3n) is 8.58. The van der Waals surface area contributed by atoms with Crippen molar-refractivity contribution in [2.75, 3.05) is 27.9 Å². The van der Waals surface area contributed by atoms with Crippen molar-refractivity contribution in [3.63, 3.8) is 0 Å². The van der Waals surface area contributed by atoms with E-state index in [-0.39, 0.29) is 42.0 Å². The Hall–Kier alpha value is -1.38. The Morgan fingerprint density at radius 2 is 1.53 bits per heavy atom. The molecule has 246 valence electrons. The molecule has 1 fully saturated rings. The van der Waals surface area contributed by atoms with Crippen LogP contribution in [0.4, 0.5) is 0 Å². The Balaban J connectivity index is 2.66. The topological polar surface area (TPSA) is 81.7 Å². The van der Waals surface area contributed by atoms with Crippen molar-refractivity contribution < 1.29 is 37.6 Å². The first-order valence-corrected chi connectivity index (χ1v) is 21.9. The fraction of sp³-hybridized carbons (Fsp3) is 0.727. The summed E-state index contributed by atoms with van der Waals surface area (Å²) in [5.74, 6) is -0.217. The first kappa shape index (κ1) is 37.8. The summed E-state index contributed by atoms with van der Waals surface area (Å²) in [5.41, 5.74) is 0. The van der Waals surface area contributed by atoms with Crippen molar-refractivity contribution in [2.24, 2.45) is 0 Å². The molecule has 0 unspecified atom stereocenters. The summed E-state index contributed by atoms with van der Waals surface area (Å²) in [7, 11) is 0.894. The predicted octanol–water partition coefficient (Wildman–Crippen LogP) is 6.75. The summed E-state index contributed by atoms with van der Waals surface area (Å²) in [4.78, 5) is 12.2. The van der Waals surface area contributed by atoms with Gasteiger partial charge in [0.2, 0.25) is 0 Å². The van der Waals surface area contributed by atoms with E-state index in [9.17, 15) is 4.79 Å². The molecule has 0 bridgehead atoms. The van der Waals surface area contributed by atoms with Crippen LogP contribution in [0.1, 0.15) is 47.0 Å². The van der Waals surface area contributed by atoms with Gasteiger partial charge in [0, 0.05) is 27.8 Å². The number of allylic oxidation sites excluding steroid dienone is 5. The lowest BCUT2D eigenvalue weighted by Crippen LogP contribution is -2.60. The summed E-state index contributed by atoms with van der Waals surface area (Å²) in [6, 6.07) is 0. The standard InChI is InChI=1S/C33H58O8Si2/c1-24-29(35-5)30(36-6)31(37-7)32(39-24)40-26-20-16-13-17-21-28(34)38-22-18-14-15-19-25(42(8,9)10)23-27(26)41-43(11,12)33(2,3)4/h13-16,18-19,23-24,26-27,29-32H,17,20-22H2,1-12H3/b16-13+,18-14-,19-15+,25-23-/t24-,26-,27+,29-,30+,31+,32-/m0/s1. The fourth-order valence-electron chi connectivity index (χ4n) is 4.89. The van der Waals surface area contributed by atoms with E-state index >= 15 is 0 Å². The SMILES string of the molecule is CO[C@@H]1[C@@H](OC)[C@H](C)O[C@@H](O[C@H]2C/C=C/CCC(=O)OC\C=C/C=C/C([Si](C)(C)C)=C/[C@H]2O[Si](C)(C)C(C)(C)C)[C@@H]1OC. The van der Waals surface area contributed by atoms with E-state index in [0.717, 1.165) is 0 Å². The Morgan fingerprint density at radius 3 is 2.12 bits per heavy atom. The Kier molecular flexibility index (Phi) is 14.8. The van der Waals surface area contributed by atoms with Crippen LogP contribution in [0.2, 0.25) is 37.8 Å². The lowest BCUT2D eigenvalue weighted by atomic mass is 9.99. The van der Waals surface area contributed by atoms with Gasteiger partial charge in [-0.15, -0.1) is 0 Å². The summed E-state index contributed by atoms with van der Waals surface area (Å²) in [6.45, 7) is 20.5. The quantitative estimate of drug-likeness (QED) is 0.164. The molecule has 10 heteroatoms. The number of ether oxygens (including phenoxy) is 6. The van der Waals surface area contributed by atoms with E-state index in [1.807, 2.05) is 31.2 Å². The number of hydrogen-bond acceptors (Lipinski definition) is 8. The van der Waals surface area contributed by atoms with E-state index < -0.39 is 34.9 Å². The third-order valence-corrected chi connectivity index (χ3v) is 15.1. The van der Waals surface area contributed by atoms with E-state index in [4.69, 9.17) is 32.8 Å². The summed E-state index contributed by atoms with van der Waals surface area (Å²) in [6.07, 6.45) is 12.9. The molecule has 2 rings (SSSR count). The van der Waals surface area contributed by atoms with Gasteiger partial charge in [0.05, 0.1) is 26.4 Å². The Morgan fingerprint density at radius 1 is 0.884 bits per heavy atom. The maximum absolute atomic E-state index is 12.2. The minimum absolute atomic E-state index is 0.00745. The van der Waals surface area contributed by atoms with Crippen LogP contribution in [-0.4, -0.2) is 93.2 Å². The van der Waals surface area contributed by atoms with Crippen LogP contribution >= 0.6 is 0 Å².